The summed E-state index contributed by atoms with van der Waals surface area (Å²) < 4.78 is 78.5. The molecule has 0 N–H and O–H groups in total. The maximum Gasteiger partial charge on any atom is 0.282 e. The van der Waals surface area contributed by atoms with Crippen LogP contribution in [0.2, 0.25) is 0 Å². The summed E-state index contributed by atoms with van der Waals surface area (Å²) in [6.07, 6.45) is -2.03. The topological polar surface area (TPSA) is 52.0 Å². The molecule has 3 aromatic rings. The smallest absolute Gasteiger partial charge is 0.233 e. The van der Waals surface area contributed by atoms with Crippen molar-refractivity contribution in [1.29, 1.82) is 0 Å². The minimum absolute atomic E-state index is 0.0304. The molecule has 0 aliphatic carbocycles. The van der Waals surface area contributed by atoms with Crippen LogP contribution < -0.4 is 0 Å². The first-order chi connectivity index (χ1) is 12.6. The van der Waals surface area contributed by atoms with Gasteiger partial charge in [-0.25, -0.2) is 30.7 Å². The normalized spacial score (nSPS) is 12.0. The first kappa shape index (κ1) is 19.1. The van der Waals surface area contributed by atoms with E-state index in [0.717, 1.165) is 29.1 Å². The zero-order valence-corrected chi connectivity index (χ0v) is 15.1. The fourth-order valence-electron chi connectivity index (χ4n) is 2.58. The molecule has 0 unspecified atom stereocenters. The maximum atomic E-state index is 14.2. The zero-order chi connectivity index (χ0) is 19.9. The van der Waals surface area contributed by atoms with Crippen molar-refractivity contribution < 1.29 is 26.0 Å². The summed E-state index contributed by atoms with van der Waals surface area (Å²) in [5.74, 6) is -1.57. The van der Waals surface area contributed by atoms with Crippen LogP contribution in [-0.4, -0.2) is 24.5 Å². The molecular formula is C18H14F4N2O2S. The Kier molecular flexibility index (Phi) is 4.81. The van der Waals surface area contributed by atoms with Crippen molar-refractivity contribution in [3.05, 3.63) is 65.4 Å². The number of hydrogen-bond acceptors (Lipinski definition) is 3. The van der Waals surface area contributed by atoms with Crippen LogP contribution in [0, 0.1) is 18.6 Å². The van der Waals surface area contributed by atoms with E-state index < -0.39 is 38.5 Å². The van der Waals surface area contributed by atoms with Gasteiger partial charge in [-0.05, 0) is 36.8 Å². The number of rotatable bonds is 4. The lowest BCUT2D eigenvalue weighted by Gasteiger charge is -2.10. The SMILES string of the molecule is Cc1ccc(-c2cc(C(F)F)nn2-c2ccc(S(C)(=O)=O)c(F)c2)cc1F. The van der Waals surface area contributed by atoms with E-state index in [9.17, 15) is 26.0 Å². The van der Waals surface area contributed by atoms with Crippen LogP contribution in [0.1, 0.15) is 17.7 Å². The highest BCUT2D eigenvalue weighted by molar-refractivity contribution is 7.90. The molecule has 3 rings (SSSR count). The van der Waals surface area contributed by atoms with Gasteiger partial charge in [-0.3, -0.25) is 0 Å². The third kappa shape index (κ3) is 3.73. The van der Waals surface area contributed by atoms with Gasteiger partial charge in [0.2, 0.25) is 0 Å². The van der Waals surface area contributed by atoms with E-state index >= 15 is 0 Å². The third-order valence-corrected chi connectivity index (χ3v) is 5.11. The Labute approximate surface area is 153 Å². The molecule has 27 heavy (non-hydrogen) atoms. The molecule has 0 fully saturated rings. The van der Waals surface area contributed by atoms with Crippen molar-refractivity contribution in [2.24, 2.45) is 0 Å². The van der Waals surface area contributed by atoms with Crippen LogP contribution in [0.4, 0.5) is 17.6 Å². The number of benzene rings is 2. The van der Waals surface area contributed by atoms with Gasteiger partial charge in [-0.15, -0.1) is 0 Å². The van der Waals surface area contributed by atoms with Crippen molar-refractivity contribution in [2.75, 3.05) is 6.26 Å². The van der Waals surface area contributed by atoms with Crippen molar-refractivity contribution >= 4 is 9.84 Å². The summed E-state index contributed by atoms with van der Waals surface area (Å²) in [6, 6.07) is 8.42. The predicted octanol–water partition coefficient (Wildman–Crippen LogP) is 4.47. The Morgan fingerprint density at radius 3 is 2.26 bits per heavy atom. The predicted molar refractivity (Wildman–Crippen MR) is 91.7 cm³/mol. The molecule has 2 aromatic carbocycles. The average molecular weight is 398 g/mol. The van der Waals surface area contributed by atoms with Crippen molar-refractivity contribution in [3.8, 4) is 16.9 Å². The quantitative estimate of drug-likeness (QED) is 0.610. The molecule has 0 bridgehead atoms. The van der Waals surface area contributed by atoms with Gasteiger partial charge < -0.3 is 0 Å². The van der Waals surface area contributed by atoms with Crippen LogP contribution in [0.3, 0.4) is 0 Å². The van der Waals surface area contributed by atoms with E-state index in [4.69, 9.17) is 0 Å². The second kappa shape index (κ2) is 6.80. The Bertz CT molecular complexity index is 1120. The number of nitrogens with zero attached hydrogens (tertiary/aromatic N) is 2. The van der Waals surface area contributed by atoms with E-state index in [1.165, 1.54) is 24.3 Å². The van der Waals surface area contributed by atoms with E-state index in [1.807, 2.05) is 0 Å². The van der Waals surface area contributed by atoms with Gasteiger partial charge in [0.1, 0.15) is 22.2 Å². The molecule has 0 saturated heterocycles. The van der Waals surface area contributed by atoms with Crippen LogP contribution >= 0.6 is 0 Å². The van der Waals surface area contributed by atoms with Gasteiger partial charge in [0.25, 0.3) is 6.43 Å². The van der Waals surface area contributed by atoms with Crippen LogP contribution in [0.15, 0.2) is 47.4 Å². The monoisotopic (exact) mass is 398 g/mol. The molecule has 4 nitrogen and oxygen atoms in total. The van der Waals surface area contributed by atoms with Crippen LogP contribution in [-0.2, 0) is 9.84 Å². The molecule has 0 radical (unpaired) electrons. The van der Waals surface area contributed by atoms with E-state index in [1.54, 1.807) is 6.92 Å². The van der Waals surface area contributed by atoms with E-state index in [-0.39, 0.29) is 16.9 Å². The Morgan fingerprint density at radius 2 is 1.70 bits per heavy atom. The summed E-state index contributed by atoms with van der Waals surface area (Å²) in [4.78, 5) is -0.518. The number of alkyl halides is 2. The molecule has 9 heteroatoms. The third-order valence-electron chi connectivity index (χ3n) is 3.98. The molecule has 0 aliphatic heterocycles. The van der Waals surface area contributed by atoms with Crippen molar-refractivity contribution in [2.45, 2.75) is 18.2 Å². The number of hydrogen-bond donors (Lipinski definition) is 0. The Balaban J connectivity index is 2.20. The molecule has 142 valence electrons. The number of aryl methyl sites for hydroxylation is 1. The Hall–Kier alpha value is -2.68. The van der Waals surface area contributed by atoms with Crippen LogP contribution in [0.5, 0.6) is 0 Å². The fraction of sp³-hybridized carbons (Fsp3) is 0.167. The average Bonchev–Trinajstić information content (AvgIpc) is 3.01. The van der Waals surface area contributed by atoms with Crippen molar-refractivity contribution in [1.82, 2.24) is 9.78 Å². The fourth-order valence-corrected chi connectivity index (χ4v) is 3.31. The highest BCUT2D eigenvalue weighted by atomic mass is 32.2. The van der Waals surface area contributed by atoms with Gasteiger partial charge in [0.05, 0.1) is 11.4 Å². The van der Waals surface area contributed by atoms with E-state index in [0.29, 0.717) is 5.56 Å². The minimum atomic E-state index is -3.79. The molecule has 0 amide bonds. The second-order valence-corrected chi connectivity index (χ2v) is 8.00. The Morgan fingerprint density at radius 1 is 1.00 bits per heavy atom. The van der Waals surface area contributed by atoms with Gasteiger partial charge in [-0.1, -0.05) is 12.1 Å². The minimum Gasteiger partial charge on any atom is -0.233 e. The molecule has 1 aromatic heterocycles. The molecule has 0 saturated carbocycles. The summed E-state index contributed by atoms with van der Waals surface area (Å²) in [5.41, 5.74) is 0.226. The number of sulfone groups is 1. The molecule has 0 spiro atoms. The molecular weight excluding hydrogens is 384 g/mol. The standard InChI is InChI=1S/C18H14F4N2O2S/c1-10-3-4-11(7-13(10)19)16-9-15(18(21)22)23-24(16)12-5-6-17(14(20)8-12)27(2,25)26/h3-9,18H,1-2H3. The lowest BCUT2D eigenvalue weighted by atomic mass is 10.1. The summed E-state index contributed by atoms with van der Waals surface area (Å²) in [7, 11) is -3.79. The second-order valence-electron chi connectivity index (χ2n) is 6.02. The molecule has 0 atom stereocenters. The van der Waals surface area contributed by atoms with Gasteiger partial charge in [0, 0.05) is 17.9 Å². The number of aromatic nitrogens is 2. The number of halogens is 4. The van der Waals surface area contributed by atoms with Crippen LogP contribution in [0.25, 0.3) is 16.9 Å². The van der Waals surface area contributed by atoms with Gasteiger partial charge in [-0.2, -0.15) is 5.10 Å². The summed E-state index contributed by atoms with van der Waals surface area (Å²) in [6.45, 7) is 1.56. The lowest BCUT2D eigenvalue weighted by molar-refractivity contribution is 0.145. The van der Waals surface area contributed by atoms with Gasteiger partial charge in [0.15, 0.2) is 9.84 Å². The molecule has 1 heterocycles. The summed E-state index contributed by atoms with van der Waals surface area (Å²) >= 11 is 0. The first-order valence-corrected chi connectivity index (χ1v) is 9.61. The first-order valence-electron chi connectivity index (χ1n) is 7.72. The van der Waals surface area contributed by atoms with E-state index in [2.05, 4.69) is 5.10 Å². The highest BCUT2D eigenvalue weighted by Crippen LogP contribution is 2.30. The zero-order valence-electron chi connectivity index (χ0n) is 14.2. The van der Waals surface area contributed by atoms with Gasteiger partial charge >= 0.3 is 0 Å². The summed E-state index contributed by atoms with van der Waals surface area (Å²) in [5, 5.41) is 3.77. The maximum absolute atomic E-state index is 14.2. The van der Waals surface area contributed by atoms with Crippen molar-refractivity contribution in [3.63, 3.8) is 0 Å². The lowest BCUT2D eigenvalue weighted by Crippen LogP contribution is -2.05. The largest absolute Gasteiger partial charge is 0.282 e. The molecule has 0 aliphatic rings. The highest BCUT2D eigenvalue weighted by Gasteiger charge is 2.20.